The van der Waals surface area contributed by atoms with E-state index in [1.807, 2.05) is 37.8 Å². The Balaban J connectivity index is 1.42. The molecule has 1 fully saturated rings. The fraction of sp³-hybridized carbons (Fsp3) is 0.478. The van der Waals surface area contributed by atoms with Gasteiger partial charge in [-0.25, -0.2) is 9.18 Å². The number of hydrogen-bond acceptors (Lipinski definition) is 3. The first kappa shape index (κ1) is 20.4. The van der Waals surface area contributed by atoms with E-state index in [0.717, 1.165) is 47.1 Å². The zero-order valence-electron chi connectivity index (χ0n) is 18.0. The second-order valence-corrected chi connectivity index (χ2v) is 9.13. The number of nitrogens with zero attached hydrogens (tertiary/aromatic N) is 3. The highest BCUT2D eigenvalue weighted by Gasteiger charge is 2.27. The van der Waals surface area contributed by atoms with E-state index in [2.05, 4.69) is 17.0 Å². The first-order valence-electron chi connectivity index (χ1n) is 10.5. The molecule has 0 aliphatic carbocycles. The summed E-state index contributed by atoms with van der Waals surface area (Å²) in [5.74, 6) is 0.216. The van der Waals surface area contributed by atoms with Crippen LogP contribution in [-0.4, -0.2) is 44.4 Å². The number of carbonyl (C=O) groups is 1. The number of hydrogen-bond donors (Lipinski definition) is 1. The van der Waals surface area contributed by atoms with Crippen molar-refractivity contribution in [2.24, 2.45) is 5.92 Å². The molecule has 0 unspecified atom stereocenters. The Kier molecular flexibility index (Phi) is 5.30. The Labute approximate surface area is 176 Å². The van der Waals surface area contributed by atoms with Crippen LogP contribution in [0, 0.1) is 18.7 Å². The van der Waals surface area contributed by atoms with Crippen molar-refractivity contribution in [3.05, 3.63) is 42.1 Å². The number of halogens is 1. The van der Waals surface area contributed by atoms with Gasteiger partial charge in [0.1, 0.15) is 11.4 Å². The maximum absolute atomic E-state index is 13.5. The van der Waals surface area contributed by atoms with Crippen molar-refractivity contribution in [1.82, 2.24) is 19.7 Å². The van der Waals surface area contributed by atoms with E-state index in [0.29, 0.717) is 19.0 Å². The van der Waals surface area contributed by atoms with Crippen LogP contribution in [0.2, 0.25) is 0 Å². The molecule has 0 saturated carbocycles. The zero-order valence-corrected chi connectivity index (χ0v) is 18.0. The number of likely N-dealkylation sites (tertiary alicyclic amines) is 1. The summed E-state index contributed by atoms with van der Waals surface area (Å²) in [6.07, 6.45) is 5.43. The van der Waals surface area contributed by atoms with E-state index >= 15 is 0 Å². The molecule has 160 valence electrons. The fourth-order valence-electron chi connectivity index (χ4n) is 4.09. The normalized spacial score (nSPS) is 15.7. The number of ether oxygens (including phenoxy) is 1. The van der Waals surface area contributed by atoms with Gasteiger partial charge in [0.25, 0.3) is 0 Å². The summed E-state index contributed by atoms with van der Waals surface area (Å²) < 4.78 is 21.0. The van der Waals surface area contributed by atoms with Gasteiger partial charge in [-0.05, 0) is 64.7 Å². The Morgan fingerprint density at radius 3 is 2.70 bits per heavy atom. The van der Waals surface area contributed by atoms with Crippen LogP contribution in [0.4, 0.5) is 9.18 Å². The number of benzene rings is 1. The molecule has 1 aromatic carbocycles. The third kappa shape index (κ3) is 4.20. The van der Waals surface area contributed by atoms with Crippen LogP contribution in [0.25, 0.3) is 22.0 Å². The molecule has 7 heteroatoms. The van der Waals surface area contributed by atoms with E-state index in [-0.39, 0.29) is 11.9 Å². The average Bonchev–Trinajstić information content (AvgIpc) is 3.24. The molecule has 3 heterocycles. The Morgan fingerprint density at radius 1 is 1.27 bits per heavy atom. The Hall–Kier alpha value is -2.83. The number of fused-ring (bicyclic) bond motifs is 1. The van der Waals surface area contributed by atoms with Gasteiger partial charge in [0, 0.05) is 53.6 Å². The summed E-state index contributed by atoms with van der Waals surface area (Å²) >= 11 is 0. The standard InChI is InChI=1S/C23H29FN4O2/c1-15-19(20-12-25-21-11-17(24)5-6-18(20)21)13-26-28(15)14-16-7-9-27(10-8-16)22(29)30-23(2,3)4/h5-6,11-13,16,25H,7-10,14H2,1-4H3. The van der Waals surface area contributed by atoms with Crippen molar-refractivity contribution < 1.29 is 13.9 Å². The van der Waals surface area contributed by atoms with Crippen LogP contribution in [0.15, 0.2) is 30.6 Å². The van der Waals surface area contributed by atoms with Crippen molar-refractivity contribution in [2.75, 3.05) is 13.1 Å². The smallest absolute Gasteiger partial charge is 0.410 e. The summed E-state index contributed by atoms with van der Waals surface area (Å²) in [4.78, 5) is 17.2. The lowest BCUT2D eigenvalue weighted by Gasteiger charge is -2.33. The van der Waals surface area contributed by atoms with Crippen molar-refractivity contribution in [1.29, 1.82) is 0 Å². The van der Waals surface area contributed by atoms with Crippen LogP contribution < -0.4 is 0 Å². The molecule has 2 aromatic heterocycles. The van der Waals surface area contributed by atoms with Crippen LogP contribution in [0.5, 0.6) is 0 Å². The molecule has 4 rings (SSSR count). The lowest BCUT2D eigenvalue weighted by atomic mass is 9.97. The minimum absolute atomic E-state index is 0.228. The van der Waals surface area contributed by atoms with Gasteiger partial charge in [-0.3, -0.25) is 4.68 Å². The number of carbonyl (C=O) groups excluding carboxylic acids is 1. The molecule has 1 aliphatic rings. The summed E-state index contributed by atoms with van der Waals surface area (Å²) in [6.45, 7) is 9.98. The molecule has 3 aromatic rings. The highest BCUT2D eigenvalue weighted by atomic mass is 19.1. The summed E-state index contributed by atoms with van der Waals surface area (Å²) in [6, 6.07) is 4.80. The maximum Gasteiger partial charge on any atom is 0.410 e. The monoisotopic (exact) mass is 412 g/mol. The predicted molar refractivity (Wildman–Crippen MR) is 115 cm³/mol. The fourth-order valence-corrected chi connectivity index (χ4v) is 4.09. The van der Waals surface area contributed by atoms with Crippen molar-refractivity contribution in [3.8, 4) is 11.1 Å². The molecule has 0 bridgehead atoms. The summed E-state index contributed by atoms with van der Waals surface area (Å²) in [5.41, 5.74) is 3.50. The average molecular weight is 413 g/mol. The Morgan fingerprint density at radius 2 is 2.00 bits per heavy atom. The number of nitrogens with one attached hydrogen (secondary N) is 1. The van der Waals surface area contributed by atoms with Crippen LogP contribution >= 0.6 is 0 Å². The zero-order chi connectivity index (χ0) is 21.5. The third-order valence-corrected chi connectivity index (χ3v) is 5.73. The molecule has 0 spiro atoms. The molecule has 30 heavy (non-hydrogen) atoms. The van der Waals surface area contributed by atoms with Crippen LogP contribution in [0.3, 0.4) is 0 Å². The molecule has 0 radical (unpaired) electrons. The van der Waals surface area contributed by atoms with Crippen LogP contribution in [0.1, 0.15) is 39.3 Å². The van der Waals surface area contributed by atoms with Crippen molar-refractivity contribution in [2.45, 2.75) is 52.7 Å². The molecule has 1 saturated heterocycles. The van der Waals surface area contributed by atoms with Gasteiger partial charge in [0.15, 0.2) is 0 Å². The van der Waals surface area contributed by atoms with E-state index in [1.165, 1.54) is 12.1 Å². The first-order valence-corrected chi connectivity index (χ1v) is 10.5. The molecule has 6 nitrogen and oxygen atoms in total. The van der Waals surface area contributed by atoms with Crippen LogP contribution in [-0.2, 0) is 11.3 Å². The highest BCUT2D eigenvalue weighted by Crippen LogP contribution is 2.32. The second kappa shape index (κ2) is 7.78. The van der Waals surface area contributed by atoms with Crippen molar-refractivity contribution in [3.63, 3.8) is 0 Å². The predicted octanol–water partition coefficient (Wildman–Crippen LogP) is 5.13. The number of piperidine rings is 1. The molecule has 1 N–H and O–H groups in total. The minimum Gasteiger partial charge on any atom is -0.444 e. The number of rotatable bonds is 3. The number of aromatic amines is 1. The summed E-state index contributed by atoms with van der Waals surface area (Å²) in [7, 11) is 0. The second-order valence-electron chi connectivity index (χ2n) is 9.13. The van der Waals surface area contributed by atoms with Crippen molar-refractivity contribution >= 4 is 17.0 Å². The third-order valence-electron chi connectivity index (χ3n) is 5.73. The van der Waals surface area contributed by atoms with E-state index < -0.39 is 5.60 Å². The van der Waals surface area contributed by atoms with E-state index in [4.69, 9.17) is 4.74 Å². The van der Waals surface area contributed by atoms with E-state index in [9.17, 15) is 9.18 Å². The molecule has 1 aliphatic heterocycles. The Bertz CT molecular complexity index is 1060. The lowest BCUT2D eigenvalue weighted by molar-refractivity contribution is 0.0177. The van der Waals surface area contributed by atoms with Gasteiger partial charge in [0.05, 0.1) is 6.20 Å². The van der Waals surface area contributed by atoms with Gasteiger partial charge < -0.3 is 14.6 Å². The van der Waals surface area contributed by atoms with Gasteiger partial charge in [0.2, 0.25) is 0 Å². The molecule has 0 atom stereocenters. The highest BCUT2D eigenvalue weighted by molar-refractivity contribution is 5.95. The maximum atomic E-state index is 13.5. The van der Waals surface area contributed by atoms with Gasteiger partial charge in [-0.2, -0.15) is 5.10 Å². The largest absolute Gasteiger partial charge is 0.444 e. The summed E-state index contributed by atoms with van der Waals surface area (Å²) in [5, 5.41) is 5.61. The SMILES string of the molecule is Cc1c(-c2c[nH]c3cc(F)ccc23)cnn1CC1CCN(C(=O)OC(C)(C)C)CC1. The number of amides is 1. The topological polar surface area (TPSA) is 63.2 Å². The van der Waals surface area contributed by atoms with Gasteiger partial charge >= 0.3 is 6.09 Å². The lowest BCUT2D eigenvalue weighted by Crippen LogP contribution is -2.42. The van der Waals surface area contributed by atoms with Gasteiger partial charge in [-0.15, -0.1) is 0 Å². The molecular formula is C23H29FN4O2. The van der Waals surface area contributed by atoms with Gasteiger partial charge in [-0.1, -0.05) is 0 Å². The first-order chi connectivity index (χ1) is 14.2. The quantitative estimate of drug-likeness (QED) is 0.649. The minimum atomic E-state index is -0.468. The molecule has 1 amide bonds. The number of H-pyrrole nitrogens is 1. The number of aromatic nitrogens is 3. The molecular weight excluding hydrogens is 383 g/mol. The van der Waals surface area contributed by atoms with E-state index in [1.54, 1.807) is 11.0 Å².